The zero-order chi connectivity index (χ0) is 21.8. The molecule has 1 heterocycles. The molecular formula is C24H18BrFN2O2S. The Balaban J connectivity index is 1.54. The highest BCUT2D eigenvalue weighted by molar-refractivity contribution is 9.10. The van der Waals surface area contributed by atoms with Crippen LogP contribution in [0.3, 0.4) is 0 Å². The van der Waals surface area contributed by atoms with Crippen LogP contribution in [0.5, 0.6) is 5.75 Å². The zero-order valence-corrected chi connectivity index (χ0v) is 19.0. The van der Waals surface area contributed by atoms with Crippen molar-refractivity contribution >= 4 is 50.5 Å². The number of carbonyl (C=O) groups is 1. The number of rotatable bonds is 5. The van der Waals surface area contributed by atoms with Crippen molar-refractivity contribution in [1.82, 2.24) is 5.32 Å². The Morgan fingerprint density at radius 3 is 2.58 bits per heavy atom. The molecule has 0 saturated carbocycles. The molecular weight excluding hydrogens is 479 g/mol. The Labute approximate surface area is 192 Å². The van der Waals surface area contributed by atoms with Crippen LogP contribution < -0.4 is 10.1 Å². The van der Waals surface area contributed by atoms with E-state index in [-0.39, 0.29) is 11.7 Å². The summed E-state index contributed by atoms with van der Waals surface area (Å²) in [5, 5.41) is 3.19. The lowest BCUT2D eigenvalue weighted by Gasteiger charge is -2.10. The van der Waals surface area contributed by atoms with Gasteiger partial charge in [0.25, 0.3) is 5.91 Å². The molecule has 156 valence electrons. The Morgan fingerprint density at radius 2 is 1.84 bits per heavy atom. The second kappa shape index (κ2) is 9.49. The van der Waals surface area contributed by atoms with Gasteiger partial charge in [0.1, 0.15) is 18.2 Å². The highest BCUT2D eigenvalue weighted by atomic mass is 79.9. The molecule has 4 nitrogen and oxygen atoms in total. The quantitative estimate of drug-likeness (QED) is 0.417. The van der Waals surface area contributed by atoms with Crippen LogP contribution >= 0.6 is 27.7 Å². The van der Waals surface area contributed by atoms with Crippen molar-refractivity contribution in [3.63, 3.8) is 0 Å². The van der Waals surface area contributed by atoms with Crippen molar-refractivity contribution < 1.29 is 13.9 Å². The number of halogens is 2. The van der Waals surface area contributed by atoms with Crippen LogP contribution in [0.25, 0.3) is 6.08 Å². The van der Waals surface area contributed by atoms with Gasteiger partial charge in [-0.1, -0.05) is 45.8 Å². The Bertz CT molecular complexity index is 1180. The van der Waals surface area contributed by atoms with Gasteiger partial charge in [0, 0.05) is 10.0 Å². The van der Waals surface area contributed by atoms with E-state index < -0.39 is 0 Å². The van der Waals surface area contributed by atoms with Crippen LogP contribution in [0, 0.1) is 12.7 Å². The number of thioether (sulfide) groups is 1. The first kappa shape index (κ1) is 21.3. The minimum atomic E-state index is -0.333. The number of aliphatic imine (C=N–C) groups is 1. The normalized spacial score (nSPS) is 16.0. The van der Waals surface area contributed by atoms with E-state index in [1.165, 1.54) is 29.5 Å². The number of nitrogens with zero attached hydrogens (tertiary/aromatic N) is 1. The Morgan fingerprint density at radius 1 is 1.10 bits per heavy atom. The molecule has 1 aliphatic rings. The van der Waals surface area contributed by atoms with E-state index >= 15 is 0 Å². The van der Waals surface area contributed by atoms with E-state index in [2.05, 4.69) is 26.2 Å². The van der Waals surface area contributed by atoms with Crippen LogP contribution in [-0.4, -0.2) is 11.1 Å². The summed E-state index contributed by atoms with van der Waals surface area (Å²) in [6, 6.07) is 19.6. The van der Waals surface area contributed by atoms with E-state index in [0.717, 1.165) is 15.6 Å². The van der Waals surface area contributed by atoms with E-state index in [4.69, 9.17) is 4.74 Å². The summed E-state index contributed by atoms with van der Waals surface area (Å²) in [6.07, 6.45) is 1.78. The molecule has 7 heteroatoms. The maximum Gasteiger partial charge on any atom is 0.264 e. The zero-order valence-electron chi connectivity index (χ0n) is 16.6. The van der Waals surface area contributed by atoms with Crippen LogP contribution in [0.1, 0.15) is 16.7 Å². The number of amides is 1. The first-order chi connectivity index (χ1) is 15.0. The van der Waals surface area contributed by atoms with Gasteiger partial charge in [-0.15, -0.1) is 0 Å². The largest absolute Gasteiger partial charge is 0.488 e. The summed E-state index contributed by atoms with van der Waals surface area (Å²) in [4.78, 5) is 17.3. The third-order valence-electron chi connectivity index (χ3n) is 4.48. The molecule has 1 fully saturated rings. The highest BCUT2D eigenvalue weighted by Gasteiger charge is 2.24. The third-order valence-corrected chi connectivity index (χ3v) is 5.88. The van der Waals surface area contributed by atoms with Gasteiger partial charge >= 0.3 is 0 Å². The molecule has 0 radical (unpaired) electrons. The number of carbonyl (C=O) groups excluding carboxylic acids is 1. The summed E-state index contributed by atoms with van der Waals surface area (Å²) in [5.41, 5.74) is 3.60. The van der Waals surface area contributed by atoms with Crippen molar-refractivity contribution in [3.05, 3.63) is 98.6 Å². The number of ether oxygens (including phenoxy) is 1. The van der Waals surface area contributed by atoms with Gasteiger partial charge in [0.2, 0.25) is 0 Å². The average molecular weight is 497 g/mol. The van der Waals surface area contributed by atoms with Crippen LogP contribution in [0.15, 0.2) is 81.1 Å². The minimum absolute atomic E-state index is 0.240. The predicted molar refractivity (Wildman–Crippen MR) is 127 cm³/mol. The number of benzene rings is 3. The maximum atomic E-state index is 13.1. The van der Waals surface area contributed by atoms with Crippen molar-refractivity contribution in [2.45, 2.75) is 13.5 Å². The molecule has 0 spiro atoms. The van der Waals surface area contributed by atoms with Crippen LogP contribution in [0.2, 0.25) is 0 Å². The number of hydrogen-bond acceptors (Lipinski definition) is 4. The number of aryl methyl sites for hydroxylation is 1. The standard InChI is InChI=1S/C24H18BrFN2O2S/c1-15-2-4-16(5-3-15)14-30-21-11-6-18(25)12-17(21)13-22-23(29)28-24(31-22)27-20-9-7-19(26)8-10-20/h2-13H,14H2,1H3,(H,27,28,29)/b22-13+. The van der Waals surface area contributed by atoms with E-state index in [0.29, 0.717) is 28.1 Å². The van der Waals surface area contributed by atoms with Crippen molar-refractivity contribution in [2.75, 3.05) is 0 Å². The second-order valence-electron chi connectivity index (χ2n) is 6.91. The SMILES string of the molecule is Cc1ccc(COc2ccc(Br)cc2/C=C2/SC(=Nc3ccc(F)cc3)NC2=O)cc1. The lowest BCUT2D eigenvalue weighted by Crippen LogP contribution is -2.19. The summed E-state index contributed by atoms with van der Waals surface area (Å²) in [7, 11) is 0. The molecule has 0 aromatic heterocycles. The lowest BCUT2D eigenvalue weighted by atomic mass is 10.1. The molecule has 3 aromatic carbocycles. The van der Waals surface area contributed by atoms with Gasteiger partial charge in [-0.3, -0.25) is 4.79 Å². The van der Waals surface area contributed by atoms with Crippen molar-refractivity contribution in [2.24, 2.45) is 4.99 Å². The number of nitrogens with one attached hydrogen (secondary N) is 1. The molecule has 0 bridgehead atoms. The van der Waals surface area contributed by atoms with Crippen LogP contribution in [0.4, 0.5) is 10.1 Å². The predicted octanol–water partition coefficient (Wildman–Crippen LogP) is 6.37. The molecule has 1 N–H and O–H groups in total. The highest BCUT2D eigenvalue weighted by Crippen LogP contribution is 2.32. The molecule has 4 rings (SSSR count). The molecule has 0 unspecified atom stereocenters. The fraction of sp³-hybridized carbons (Fsp3) is 0.0833. The summed E-state index contributed by atoms with van der Waals surface area (Å²) in [6.45, 7) is 2.47. The first-order valence-corrected chi connectivity index (χ1v) is 11.1. The summed E-state index contributed by atoms with van der Waals surface area (Å²) in [5.74, 6) is 0.101. The van der Waals surface area contributed by atoms with Gasteiger partial charge in [-0.25, -0.2) is 9.38 Å². The number of amidine groups is 1. The van der Waals surface area contributed by atoms with E-state index in [1.54, 1.807) is 18.2 Å². The molecule has 3 aromatic rings. The molecule has 1 saturated heterocycles. The fourth-order valence-corrected chi connectivity index (χ4v) is 4.08. The van der Waals surface area contributed by atoms with Crippen LogP contribution in [-0.2, 0) is 11.4 Å². The fourth-order valence-electron chi connectivity index (χ4n) is 2.86. The van der Waals surface area contributed by atoms with Gasteiger partial charge < -0.3 is 10.1 Å². The monoisotopic (exact) mass is 496 g/mol. The summed E-state index contributed by atoms with van der Waals surface area (Å²) < 4.78 is 20.0. The molecule has 1 amide bonds. The van der Waals surface area contributed by atoms with Crippen molar-refractivity contribution in [1.29, 1.82) is 0 Å². The topological polar surface area (TPSA) is 50.7 Å². The van der Waals surface area contributed by atoms with Gasteiger partial charge in [0.15, 0.2) is 5.17 Å². The molecule has 1 aliphatic heterocycles. The smallest absolute Gasteiger partial charge is 0.264 e. The number of hydrogen-bond donors (Lipinski definition) is 1. The first-order valence-electron chi connectivity index (χ1n) is 9.49. The molecule has 0 aliphatic carbocycles. The third kappa shape index (κ3) is 5.62. The minimum Gasteiger partial charge on any atom is -0.488 e. The van der Waals surface area contributed by atoms with Gasteiger partial charge in [-0.2, -0.15) is 0 Å². The average Bonchev–Trinajstić information content (AvgIpc) is 3.09. The Hall–Kier alpha value is -2.90. The molecule has 0 atom stereocenters. The van der Waals surface area contributed by atoms with Gasteiger partial charge in [-0.05, 0) is 72.8 Å². The summed E-state index contributed by atoms with van der Waals surface area (Å²) >= 11 is 4.71. The second-order valence-corrected chi connectivity index (χ2v) is 8.86. The van der Waals surface area contributed by atoms with E-state index in [9.17, 15) is 9.18 Å². The van der Waals surface area contributed by atoms with Crippen molar-refractivity contribution in [3.8, 4) is 5.75 Å². The van der Waals surface area contributed by atoms with Gasteiger partial charge in [0.05, 0.1) is 10.6 Å². The lowest BCUT2D eigenvalue weighted by molar-refractivity contribution is -0.115. The Kier molecular flexibility index (Phi) is 6.53. The molecule has 31 heavy (non-hydrogen) atoms. The van der Waals surface area contributed by atoms with E-state index in [1.807, 2.05) is 49.4 Å². The maximum absolute atomic E-state index is 13.1.